The van der Waals surface area contributed by atoms with Gasteiger partial charge in [0.05, 0.1) is 0 Å². The van der Waals surface area contributed by atoms with Crippen LogP contribution in [0.3, 0.4) is 0 Å². The van der Waals surface area contributed by atoms with Gasteiger partial charge in [0.1, 0.15) is 8.64 Å². The number of unbranched alkanes of at least 4 members (excludes halogenated alkanes) is 3. The maximum absolute atomic E-state index is 5.82. The lowest BCUT2D eigenvalue weighted by molar-refractivity contribution is 0.251. The first-order chi connectivity index (χ1) is 16.7. The zero-order valence-electron chi connectivity index (χ0n) is 21.6. The molecule has 0 amide bonds. The fourth-order valence-corrected chi connectivity index (χ4v) is 10.5. The monoisotopic (exact) mass is 580 g/mol. The summed E-state index contributed by atoms with van der Waals surface area (Å²) in [5.74, 6) is 2.43. The summed E-state index contributed by atoms with van der Waals surface area (Å²) in [5, 5.41) is 0. The quantitative estimate of drug-likeness (QED) is 0.106. The molecule has 0 aromatic carbocycles. The second kappa shape index (κ2) is 20.2. The Kier molecular flexibility index (Phi) is 18.6. The number of rotatable bonds is 15. The summed E-state index contributed by atoms with van der Waals surface area (Å²) in [6.07, 6.45) is 21.4. The Bertz CT molecular complexity index is 501. The Morgan fingerprint density at radius 2 is 1.00 bits per heavy atom. The Labute approximate surface area is 237 Å². The third kappa shape index (κ3) is 12.6. The summed E-state index contributed by atoms with van der Waals surface area (Å²) in [5.41, 5.74) is 0. The first-order valence-electron chi connectivity index (χ1n) is 13.9. The molecule has 0 spiro atoms. The van der Waals surface area contributed by atoms with Crippen LogP contribution in [-0.2, 0) is 0 Å². The summed E-state index contributed by atoms with van der Waals surface area (Å²) >= 11 is 11.6. The molecule has 0 saturated heterocycles. The van der Waals surface area contributed by atoms with Crippen LogP contribution < -0.4 is 0 Å². The highest BCUT2D eigenvalue weighted by molar-refractivity contribution is 8.84. The zero-order valence-corrected chi connectivity index (χ0v) is 26.5. The average Bonchev–Trinajstić information content (AvgIpc) is 2.87. The van der Waals surface area contributed by atoms with E-state index in [1.54, 1.807) is 0 Å². The van der Waals surface area contributed by atoms with Gasteiger partial charge in [-0.25, -0.2) is 0 Å². The minimum absolute atomic E-state index is 0.703. The van der Waals surface area contributed by atoms with Crippen molar-refractivity contribution in [3.8, 4) is 0 Å². The van der Waals surface area contributed by atoms with E-state index in [0.29, 0.717) is 12.1 Å². The summed E-state index contributed by atoms with van der Waals surface area (Å²) in [6, 6.07) is 1.41. The van der Waals surface area contributed by atoms with E-state index >= 15 is 0 Å². The molecule has 2 aliphatic carbocycles. The van der Waals surface area contributed by atoms with Crippen LogP contribution in [0.15, 0.2) is 0 Å². The fourth-order valence-electron chi connectivity index (χ4n) is 5.07. The van der Waals surface area contributed by atoms with Gasteiger partial charge in [0.15, 0.2) is 0 Å². The Morgan fingerprint density at radius 1 is 0.618 bits per heavy atom. The van der Waals surface area contributed by atoms with Crippen molar-refractivity contribution in [3.05, 3.63) is 0 Å². The molecule has 2 aliphatic rings. The van der Waals surface area contributed by atoms with Crippen molar-refractivity contribution in [1.29, 1.82) is 0 Å². The number of hydrogen-bond acceptors (Lipinski definition) is 6. The third-order valence-electron chi connectivity index (χ3n) is 6.89. The lowest BCUT2D eigenvalue weighted by atomic mass is 9.94. The van der Waals surface area contributed by atoms with Crippen molar-refractivity contribution >= 4 is 76.3 Å². The van der Waals surface area contributed by atoms with E-state index in [-0.39, 0.29) is 0 Å². The molecule has 0 aliphatic heterocycles. The van der Waals surface area contributed by atoms with Gasteiger partial charge in [-0.15, -0.1) is 0 Å². The highest BCUT2D eigenvalue weighted by atomic mass is 33.1. The molecule has 198 valence electrons. The molecule has 2 saturated carbocycles. The van der Waals surface area contributed by atoms with E-state index in [1.807, 2.05) is 43.2 Å². The van der Waals surface area contributed by atoms with Gasteiger partial charge in [0.2, 0.25) is 0 Å². The van der Waals surface area contributed by atoms with E-state index in [1.165, 1.54) is 114 Å². The van der Waals surface area contributed by atoms with Crippen LogP contribution in [0.5, 0.6) is 0 Å². The van der Waals surface area contributed by atoms with Crippen LogP contribution in [-0.4, -0.2) is 55.1 Å². The van der Waals surface area contributed by atoms with Gasteiger partial charge in [-0.2, -0.15) is 0 Å². The minimum Gasteiger partial charge on any atom is -0.354 e. The van der Waals surface area contributed by atoms with E-state index in [2.05, 4.69) is 23.6 Å². The number of thiocarbonyl (C=S) groups is 2. The molecular weight excluding hydrogens is 533 g/mol. The molecule has 0 atom stereocenters. The van der Waals surface area contributed by atoms with Crippen molar-refractivity contribution in [3.63, 3.8) is 0 Å². The van der Waals surface area contributed by atoms with Gasteiger partial charge in [-0.05, 0) is 73.0 Å². The smallest absolute Gasteiger partial charge is 0.147 e. The highest BCUT2D eigenvalue weighted by Gasteiger charge is 2.24. The van der Waals surface area contributed by atoms with Crippen molar-refractivity contribution in [1.82, 2.24) is 9.80 Å². The molecule has 2 nitrogen and oxygen atoms in total. The summed E-state index contributed by atoms with van der Waals surface area (Å²) in [7, 11) is 7.67. The molecule has 0 bridgehead atoms. The molecule has 2 rings (SSSR count). The Hall–Kier alpha value is 1.18. The lowest BCUT2D eigenvalue weighted by Gasteiger charge is -2.35. The standard InChI is InChI=1S/C26H48N2S6/c1-3-19-27(23-15-9-7-10-16-23)25(29)33-31-21-13-5-6-14-22-32-34-26(30)28(20-4-2)24-17-11-8-12-18-24/h23-24H,3-22H2,1-2H3. The molecule has 0 radical (unpaired) electrons. The second-order valence-electron chi connectivity index (χ2n) is 9.73. The first kappa shape index (κ1) is 31.4. The van der Waals surface area contributed by atoms with Crippen molar-refractivity contribution < 1.29 is 0 Å². The van der Waals surface area contributed by atoms with E-state index in [4.69, 9.17) is 24.4 Å². The maximum atomic E-state index is 5.82. The molecule has 34 heavy (non-hydrogen) atoms. The average molecular weight is 581 g/mol. The molecule has 0 aromatic heterocycles. The molecule has 0 heterocycles. The predicted octanol–water partition coefficient (Wildman–Crippen LogP) is 9.97. The minimum atomic E-state index is 0.703. The van der Waals surface area contributed by atoms with Crippen LogP contribution in [0, 0.1) is 0 Å². The molecule has 0 N–H and O–H groups in total. The fraction of sp³-hybridized carbons (Fsp3) is 0.923. The van der Waals surface area contributed by atoms with E-state index < -0.39 is 0 Å². The van der Waals surface area contributed by atoms with Crippen LogP contribution in [0.4, 0.5) is 0 Å². The predicted molar refractivity (Wildman–Crippen MR) is 172 cm³/mol. The van der Waals surface area contributed by atoms with Crippen LogP contribution in [0.2, 0.25) is 0 Å². The molecule has 0 aromatic rings. The SMILES string of the molecule is CCCN(C(=S)SSCCCCCCSSC(=S)N(CCC)C1CCCCC1)C1CCCCC1. The zero-order chi connectivity index (χ0) is 24.4. The number of nitrogens with zero attached hydrogens (tertiary/aromatic N) is 2. The third-order valence-corrected chi connectivity index (χ3v) is 13.1. The van der Waals surface area contributed by atoms with E-state index in [0.717, 1.165) is 21.7 Å². The van der Waals surface area contributed by atoms with E-state index in [9.17, 15) is 0 Å². The summed E-state index contributed by atoms with van der Waals surface area (Å²) < 4.78 is 2.27. The van der Waals surface area contributed by atoms with Crippen LogP contribution in [0.25, 0.3) is 0 Å². The largest absolute Gasteiger partial charge is 0.354 e. The van der Waals surface area contributed by atoms with Gasteiger partial charge in [0, 0.05) is 36.7 Å². The number of hydrogen-bond donors (Lipinski definition) is 0. The highest BCUT2D eigenvalue weighted by Crippen LogP contribution is 2.33. The molecule has 8 heteroatoms. The Balaban J connectivity index is 1.48. The topological polar surface area (TPSA) is 6.48 Å². The Morgan fingerprint density at radius 3 is 1.35 bits per heavy atom. The molecule has 2 fully saturated rings. The van der Waals surface area contributed by atoms with Gasteiger partial charge >= 0.3 is 0 Å². The van der Waals surface area contributed by atoms with Crippen molar-refractivity contribution in [2.75, 3.05) is 24.6 Å². The maximum Gasteiger partial charge on any atom is 0.147 e. The normalized spacial score (nSPS) is 17.6. The molecular formula is C26H48N2S6. The van der Waals surface area contributed by atoms with Gasteiger partial charge in [-0.3, -0.25) is 0 Å². The first-order valence-corrected chi connectivity index (χ1v) is 19.3. The van der Waals surface area contributed by atoms with Gasteiger partial charge in [-0.1, -0.05) is 111 Å². The second-order valence-corrected chi connectivity index (χ2v) is 15.8. The lowest BCUT2D eigenvalue weighted by Crippen LogP contribution is -2.39. The summed E-state index contributed by atoms with van der Waals surface area (Å²) in [6.45, 7) is 6.82. The van der Waals surface area contributed by atoms with Crippen molar-refractivity contribution in [2.45, 2.75) is 129 Å². The van der Waals surface area contributed by atoms with Gasteiger partial charge < -0.3 is 9.80 Å². The van der Waals surface area contributed by atoms with Gasteiger partial charge in [0.25, 0.3) is 0 Å². The van der Waals surface area contributed by atoms with Crippen LogP contribution >= 0.6 is 67.6 Å². The summed E-state index contributed by atoms with van der Waals surface area (Å²) in [4.78, 5) is 5.09. The van der Waals surface area contributed by atoms with Crippen LogP contribution in [0.1, 0.15) is 117 Å². The molecule has 0 unspecified atom stereocenters. The van der Waals surface area contributed by atoms with Crippen molar-refractivity contribution in [2.24, 2.45) is 0 Å².